The van der Waals surface area contributed by atoms with Gasteiger partial charge in [0.15, 0.2) is 0 Å². The van der Waals surface area contributed by atoms with E-state index in [1.54, 1.807) is 42.7 Å². The summed E-state index contributed by atoms with van der Waals surface area (Å²) in [5.41, 5.74) is 0.205. The number of hydrogen-bond acceptors (Lipinski definition) is 5. The summed E-state index contributed by atoms with van der Waals surface area (Å²) in [4.78, 5) is 23.4. The van der Waals surface area contributed by atoms with Gasteiger partial charge in [0.2, 0.25) is 5.88 Å². The zero-order chi connectivity index (χ0) is 17.8. The molecule has 0 fully saturated rings. The Bertz CT molecular complexity index is 962. The van der Waals surface area contributed by atoms with Crippen LogP contribution in [0.2, 0.25) is 0 Å². The zero-order valence-electron chi connectivity index (χ0n) is 14.3. The van der Waals surface area contributed by atoms with E-state index in [1.807, 2.05) is 31.1 Å². The lowest BCUT2D eigenvalue weighted by Crippen LogP contribution is -2.21. The third-order valence-electron chi connectivity index (χ3n) is 3.88. The van der Waals surface area contributed by atoms with Gasteiger partial charge in [-0.3, -0.25) is 9.79 Å². The molecule has 0 saturated heterocycles. The number of aromatic hydroxyl groups is 1. The van der Waals surface area contributed by atoms with Crippen LogP contribution in [0.4, 0.5) is 0 Å². The molecule has 0 bridgehead atoms. The van der Waals surface area contributed by atoms with Crippen molar-refractivity contribution in [1.29, 1.82) is 0 Å². The van der Waals surface area contributed by atoms with E-state index >= 15 is 0 Å². The Labute approximate surface area is 145 Å². The van der Waals surface area contributed by atoms with Gasteiger partial charge in [0, 0.05) is 29.7 Å². The number of pyridine rings is 2. The van der Waals surface area contributed by atoms with Crippen LogP contribution < -0.4 is 5.56 Å². The van der Waals surface area contributed by atoms with Crippen LogP contribution in [0.5, 0.6) is 5.88 Å². The monoisotopic (exact) mass is 336 g/mol. The van der Waals surface area contributed by atoms with E-state index < -0.39 is 0 Å². The third-order valence-corrected chi connectivity index (χ3v) is 3.88. The summed E-state index contributed by atoms with van der Waals surface area (Å²) in [5, 5.41) is 11.9. The minimum absolute atomic E-state index is 0.156. The van der Waals surface area contributed by atoms with Crippen molar-refractivity contribution in [2.24, 2.45) is 4.99 Å². The highest BCUT2D eigenvalue weighted by Crippen LogP contribution is 2.25. The average Bonchev–Trinajstić information content (AvgIpc) is 2.62. The second kappa shape index (κ2) is 7.27. The quantitative estimate of drug-likeness (QED) is 0.724. The first-order chi connectivity index (χ1) is 12.1. The highest BCUT2D eigenvalue weighted by molar-refractivity contribution is 6.01. The summed E-state index contributed by atoms with van der Waals surface area (Å²) in [5.74, 6) is 0.217. The van der Waals surface area contributed by atoms with E-state index in [2.05, 4.69) is 9.98 Å². The smallest absolute Gasteiger partial charge is 0.267 e. The van der Waals surface area contributed by atoms with Gasteiger partial charge in [-0.2, -0.15) is 0 Å². The van der Waals surface area contributed by atoms with Gasteiger partial charge in [-0.15, -0.1) is 0 Å². The molecular formula is C19H20N4O2. The van der Waals surface area contributed by atoms with Gasteiger partial charge in [0.05, 0.1) is 12.1 Å². The fraction of sp³-hybridized carbons (Fsp3) is 0.211. The molecule has 25 heavy (non-hydrogen) atoms. The van der Waals surface area contributed by atoms with Crippen molar-refractivity contribution in [3.63, 3.8) is 0 Å². The van der Waals surface area contributed by atoms with Gasteiger partial charge in [0.1, 0.15) is 5.82 Å². The van der Waals surface area contributed by atoms with Crippen LogP contribution in [0.25, 0.3) is 16.6 Å². The normalized spacial score (nSPS) is 11.6. The fourth-order valence-corrected chi connectivity index (χ4v) is 2.60. The summed E-state index contributed by atoms with van der Waals surface area (Å²) >= 11 is 0. The van der Waals surface area contributed by atoms with Crippen LogP contribution in [-0.2, 0) is 0 Å². The van der Waals surface area contributed by atoms with Crippen LogP contribution in [0, 0.1) is 0 Å². The van der Waals surface area contributed by atoms with E-state index in [-0.39, 0.29) is 11.4 Å². The molecule has 1 N–H and O–H groups in total. The highest BCUT2D eigenvalue weighted by atomic mass is 16.3. The van der Waals surface area contributed by atoms with Gasteiger partial charge in [-0.05, 0) is 32.3 Å². The Balaban J connectivity index is 2.20. The lowest BCUT2D eigenvalue weighted by Gasteiger charge is -2.13. The summed E-state index contributed by atoms with van der Waals surface area (Å²) < 4.78 is 1.22. The Kier molecular flexibility index (Phi) is 4.90. The first kappa shape index (κ1) is 16.9. The second-order valence-corrected chi connectivity index (χ2v) is 5.95. The van der Waals surface area contributed by atoms with Crippen LogP contribution in [0.3, 0.4) is 0 Å². The maximum absolute atomic E-state index is 12.8. The molecule has 2 aromatic heterocycles. The SMILES string of the molecule is CN(C)CCN=Cc1c(O)n(-c2ccccn2)c(=O)c2ccccc12. The molecular weight excluding hydrogens is 316 g/mol. The number of likely N-dealkylation sites (N-methyl/N-ethyl adjacent to an activating group) is 1. The Hall–Kier alpha value is -2.99. The van der Waals surface area contributed by atoms with Crippen molar-refractivity contribution in [3.05, 3.63) is 64.6 Å². The van der Waals surface area contributed by atoms with Crippen LogP contribution in [0.1, 0.15) is 5.56 Å². The maximum atomic E-state index is 12.8. The summed E-state index contributed by atoms with van der Waals surface area (Å²) in [6.07, 6.45) is 3.21. The molecule has 0 atom stereocenters. The minimum atomic E-state index is -0.308. The molecule has 6 nitrogen and oxygen atoms in total. The van der Waals surface area contributed by atoms with Crippen molar-refractivity contribution >= 4 is 17.0 Å². The highest BCUT2D eigenvalue weighted by Gasteiger charge is 2.16. The first-order valence-electron chi connectivity index (χ1n) is 8.02. The number of nitrogens with zero attached hydrogens (tertiary/aromatic N) is 4. The molecule has 128 valence electrons. The molecule has 3 rings (SSSR count). The Morgan fingerprint density at radius 1 is 1.16 bits per heavy atom. The number of hydrogen-bond donors (Lipinski definition) is 1. The largest absolute Gasteiger partial charge is 0.494 e. The molecule has 3 aromatic rings. The van der Waals surface area contributed by atoms with Gasteiger partial charge in [0.25, 0.3) is 5.56 Å². The van der Waals surface area contributed by atoms with E-state index in [0.717, 1.165) is 6.54 Å². The summed E-state index contributed by atoms with van der Waals surface area (Å²) in [6, 6.07) is 12.4. The van der Waals surface area contributed by atoms with Crippen LogP contribution >= 0.6 is 0 Å². The van der Waals surface area contributed by atoms with Crippen LogP contribution in [0.15, 0.2) is 58.4 Å². The molecule has 0 radical (unpaired) electrons. The molecule has 2 heterocycles. The number of rotatable bonds is 5. The van der Waals surface area contributed by atoms with E-state index in [4.69, 9.17) is 0 Å². The second-order valence-electron chi connectivity index (χ2n) is 5.95. The number of benzene rings is 1. The standard InChI is InChI=1S/C19H20N4O2/c1-22(2)12-11-20-13-16-14-7-3-4-8-15(14)18(24)23(19(16)25)17-9-5-6-10-21-17/h3-10,13,25H,11-12H2,1-2H3. The lowest BCUT2D eigenvalue weighted by molar-refractivity contribution is 0.420. The van der Waals surface area contributed by atoms with Crippen molar-refractivity contribution in [2.75, 3.05) is 27.2 Å². The molecule has 0 saturated carbocycles. The van der Waals surface area contributed by atoms with E-state index in [0.29, 0.717) is 28.7 Å². The average molecular weight is 336 g/mol. The Morgan fingerprint density at radius 3 is 2.56 bits per heavy atom. The maximum Gasteiger partial charge on any atom is 0.267 e. The fourth-order valence-electron chi connectivity index (χ4n) is 2.60. The predicted octanol–water partition coefficient (Wildman–Crippen LogP) is 2.07. The number of fused-ring (bicyclic) bond motifs is 1. The minimum Gasteiger partial charge on any atom is -0.494 e. The third kappa shape index (κ3) is 3.44. The molecule has 0 spiro atoms. The molecule has 0 aliphatic carbocycles. The Morgan fingerprint density at radius 2 is 1.88 bits per heavy atom. The van der Waals surface area contributed by atoms with E-state index in [1.165, 1.54) is 4.57 Å². The van der Waals surface area contributed by atoms with Gasteiger partial charge < -0.3 is 10.0 Å². The molecule has 0 unspecified atom stereocenters. The molecule has 0 aliphatic rings. The molecule has 0 aliphatic heterocycles. The predicted molar refractivity (Wildman–Crippen MR) is 100 cm³/mol. The van der Waals surface area contributed by atoms with E-state index in [9.17, 15) is 9.90 Å². The molecule has 1 aromatic carbocycles. The van der Waals surface area contributed by atoms with Crippen molar-refractivity contribution in [1.82, 2.24) is 14.5 Å². The van der Waals surface area contributed by atoms with Crippen molar-refractivity contribution in [3.8, 4) is 11.7 Å². The van der Waals surface area contributed by atoms with Crippen molar-refractivity contribution in [2.45, 2.75) is 0 Å². The van der Waals surface area contributed by atoms with Gasteiger partial charge >= 0.3 is 0 Å². The van der Waals surface area contributed by atoms with Crippen molar-refractivity contribution < 1.29 is 5.11 Å². The summed E-state index contributed by atoms with van der Waals surface area (Å²) in [6.45, 7) is 1.40. The van der Waals surface area contributed by atoms with Gasteiger partial charge in [-0.25, -0.2) is 9.55 Å². The first-order valence-corrected chi connectivity index (χ1v) is 8.02. The topological polar surface area (TPSA) is 70.7 Å². The number of aliphatic imine (C=N–C) groups is 1. The van der Waals surface area contributed by atoms with Gasteiger partial charge in [-0.1, -0.05) is 24.3 Å². The zero-order valence-corrected chi connectivity index (χ0v) is 14.3. The molecule has 0 amide bonds. The number of aromatic nitrogens is 2. The molecule has 6 heteroatoms. The van der Waals surface area contributed by atoms with Crippen LogP contribution in [-0.4, -0.2) is 53.0 Å². The lowest BCUT2D eigenvalue weighted by atomic mass is 10.1. The summed E-state index contributed by atoms with van der Waals surface area (Å²) in [7, 11) is 3.95.